The van der Waals surface area contributed by atoms with Crippen LogP contribution in [0.4, 0.5) is 10.6 Å². The van der Waals surface area contributed by atoms with Gasteiger partial charge in [-0.1, -0.05) is 13.8 Å². The monoisotopic (exact) mass is 268 g/mol. The number of hydrogen-bond acceptors (Lipinski definition) is 3. The molecule has 0 aliphatic carbocycles. The fourth-order valence-electron chi connectivity index (χ4n) is 2.48. The lowest BCUT2D eigenvalue weighted by atomic mass is 9.97. The van der Waals surface area contributed by atoms with E-state index in [2.05, 4.69) is 23.8 Å². The molecule has 2 rings (SSSR count). The van der Waals surface area contributed by atoms with Crippen LogP contribution in [-0.2, 0) is 0 Å². The van der Waals surface area contributed by atoms with Gasteiger partial charge < -0.3 is 4.90 Å². The number of hydrogen-bond donors (Lipinski definition) is 0. The minimum absolute atomic E-state index is 0.0454. The van der Waals surface area contributed by atoms with Crippen LogP contribution in [-0.4, -0.2) is 40.0 Å². The Morgan fingerprint density at radius 2 is 2.11 bits per heavy atom. The molecule has 1 fully saturated rings. The van der Waals surface area contributed by atoms with Crippen molar-refractivity contribution in [3.63, 3.8) is 0 Å². The number of aromatic nitrogens is 2. The van der Waals surface area contributed by atoms with Crippen molar-refractivity contribution in [2.75, 3.05) is 11.9 Å². The van der Waals surface area contributed by atoms with Gasteiger partial charge in [-0.15, -0.1) is 0 Å². The number of rotatable bonds is 2. The minimum atomic E-state index is -0.0454. The Bertz CT molecular complexity index is 465. The average molecular weight is 269 g/mol. The third-order valence-corrected chi connectivity index (χ3v) is 3.63. The summed E-state index contributed by atoms with van der Waals surface area (Å²) < 4.78 is 0. The maximum Gasteiger partial charge on any atom is 0.326 e. The van der Waals surface area contributed by atoms with E-state index in [4.69, 9.17) is 11.6 Å². The van der Waals surface area contributed by atoms with Crippen LogP contribution in [0.1, 0.15) is 20.8 Å². The predicted molar refractivity (Wildman–Crippen MR) is 70.8 cm³/mol. The number of carbonyl (C=O) groups excluding carboxylic acids is 1. The van der Waals surface area contributed by atoms with Gasteiger partial charge in [0.2, 0.25) is 5.28 Å². The van der Waals surface area contributed by atoms with E-state index in [0.717, 1.165) is 0 Å². The molecule has 0 spiro atoms. The summed E-state index contributed by atoms with van der Waals surface area (Å²) in [7, 11) is 1.81. The fraction of sp³-hybridized carbons (Fsp3) is 0.583. The summed E-state index contributed by atoms with van der Waals surface area (Å²) in [6, 6.07) is 1.90. The van der Waals surface area contributed by atoms with Crippen LogP contribution in [0.3, 0.4) is 0 Å². The van der Waals surface area contributed by atoms with Gasteiger partial charge in [0.05, 0.1) is 12.1 Å². The second-order valence-electron chi connectivity index (χ2n) is 4.92. The van der Waals surface area contributed by atoms with Crippen LogP contribution in [0.2, 0.25) is 5.28 Å². The van der Waals surface area contributed by atoms with E-state index in [1.54, 1.807) is 22.1 Å². The second kappa shape index (κ2) is 4.72. The first-order valence-electron chi connectivity index (χ1n) is 5.98. The highest BCUT2D eigenvalue weighted by Crippen LogP contribution is 2.31. The molecule has 0 bridgehead atoms. The molecule has 98 valence electrons. The molecule has 2 heterocycles. The highest BCUT2D eigenvalue weighted by Gasteiger charge is 2.44. The van der Waals surface area contributed by atoms with Gasteiger partial charge in [0.25, 0.3) is 0 Å². The summed E-state index contributed by atoms with van der Waals surface area (Å²) in [5, 5.41) is 0.157. The Balaban J connectivity index is 2.43. The van der Waals surface area contributed by atoms with E-state index in [9.17, 15) is 4.79 Å². The lowest BCUT2D eigenvalue weighted by Crippen LogP contribution is -2.40. The molecule has 0 saturated carbocycles. The molecule has 1 saturated heterocycles. The standard InChI is InChI=1S/C12H17ClN4O/c1-7(2)10-8(3)16(4)12(18)17(10)9-5-6-14-11(13)15-9/h5-8,10H,1-4H3/t8?,10-/m0/s1. The quantitative estimate of drug-likeness (QED) is 0.774. The molecule has 1 aromatic rings. The number of carbonyl (C=O) groups is 1. The van der Waals surface area contributed by atoms with Crippen LogP contribution in [0.5, 0.6) is 0 Å². The van der Waals surface area contributed by atoms with Crippen LogP contribution in [0.15, 0.2) is 12.3 Å². The van der Waals surface area contributed by atoms with Crippen molar-refractivity contribution < 1.29 is 4.79 Å². The second-order valence-corrected chi connectivity index (χ2v) is 5.26. The molecule has 0 radical (unpaired) electrons. The van der Waals surface area contributed by atoms with Crippen LogP contribution < -0.4 is 4.90 Å². The highest BCUT2D eigenvalue weighted by molar-refractivity contribution is 6.28. The normalized spacial score (nSPS) is 24.2. The largest absolute Gasteiger partial charge is 0.326 e. The van der Waals surface area contributed by atoms with Crippen molar-refractivity contribution in [1.82, 2.24) is 14.9 Å². The third kappa shape index (κ3) is 2.03. The zero-order valence-electron chi connectivity index (χ0n) is 11.0. The average Bonchev–Trinajstić information content (AvgIpc) is 2.53. The van der Waals surface area contributed by atoms with E-state index in [-0.39, 0.29) is 23.4 Å². The molecule has 6 heteroatoms. The Morgan fingerprint density at radius 3 is 2.67 bits per heavy atom. The molecule has 0 aromatic carbocycles. The van der Waals surface area contributed by atoms with E-state index < -0.39 is 0 Å². The molecule has 1 aromatic heterocycles. The number of amides is 2. The lowest BCUT2D eigenvalue weighted by molar-refractivity contribution is 0.219. The van der Waals surface area contributed by atoms with Crippen molar-refractivity contribution in [1.29, 1.82) is 0 Å². The van der Waals surface area contributed by atoms with Crippen molar-refractivity contribution in [3.05, 3.63) is 17.5 Å². The van der Waals surface area contributed by atoms with Gasteiger partial charge in [-0.2, -0.15) is 0 Å². The van der Waals surface area contributed by atoms with Crippen LogP contribution >= 0.6 is 11.6 Å². The van der Waals surface area contributed by atoms with Crippen molar-refractivity contribution in [2.24, 2.45) is 5.92 Å². The van der Waals surface area contributed by atoms with E-state index in [1.807, 2.05) is 14.0 Å². The number of urea groups is 1. The summed E-state index contributed by atoms with van der Waals surface area (Å²) in [6.45, 7) is 6.25. The zero-order chi connectivity index (χ0) is 13.4. The molecule has 5 nitrogen and oxygen atoms in total. The van der Waals surface area contributed by atoms with Crippen LogP contribution in [0.25, 0.3) is 0 Å². The summed E-state index contributed by atoms with van der Waals surface area (Å²) in [4.78, 5) is 23.7. The lowest BCUT2D eigenvalue weighted by Gasteiger charge is -2.27. The molecule has 2 atom stereocenters. The van der Waals surface area contributed by atoms with Crippen molar-refractivity contribution in [2.45, 2.75) is 32.9 Å². The molecule has 2 amide bonds. The first-order chi connectivity index (χ1) is 8.43. The number of halogens is 1. The molecular weight excluding hydrogens is 252 g/mol. The highest BCUT2D eigenvalue weighted by atomic mass is 35.5. The van der Waals surface area contributed by atoms with Gasteiger partial charge in [-0.3, -0.25) is 4.90 Å². The van der Waals surface area contributed by atoms with E-state index in [0.29, 0.717) is 11.7 Å². The molecule has 1 aliphatic heterocycles. The topological polar surface area (TPSA) is 49.3 Å². The van der Waals surface area contributed by atoms with Crippen molar-refractivity contribution in [3.8, 4) is 0 Å². The fourth-order valence-corrected chi connectivity index (χ4v) is 2.63. The first kappa shape index (κ1) is 13.1. The van der Waals surface area contributed by atoms with Crippen molar-refractivity contribution >= 4 is 23.4 Å². The molecule has 1 aliphatic rings. The molecule has 0 N–H and O–H groups in total. The summed E-state index contributed by atoms with van der Waals surface area (Å²) in [5.41, 5.74) is 0. The molecule has 18 heavy (non-hydrogen) atoms. The number of likely N-dealkylation sites (N-methyl/N-ethyl adjacent to an activating group) is 1. The Hall–Kier alpha value is -1.36. The Morgan fingerprint density at radius 1 is 1.44 bits per heavy atom. The van der Waals surface area contributed by atoms with Gasteiger partial charge in [0, 0.05) is 13.2 Å². The van der Waals surface area contributed by atoms with Gasteiger partial charge in [-0.25, -0.2) is 14.8 Å². The van der Waals surface area contributed by atoms with Gasteiger partial charge >= 0.3 is 6.03 Å². The van der Waals surface area contributed by atoms with Gasteiger partial charge in [0.1, 0.15) is 5.82 Å². The number of nitrogens with zero attached hydrogens (tertiary/aromatic N) is 4. The molecule has 1 unspecified atom stereocenters. The maximum absolute atomic E-state index is 12.3. The summed E-state index contributed by atoms with van der Waals surface area (Å²) >= 11 is 5.80. The Kier molecular flexibility index (Phi) is 3.43. The smallest absolute Gasteiger partial charge is 0.323 e. The number of anilines is 1. The van der Waals surface area contributed by atoms with E-state index in [1.165, 1.54) is 0 Å². The SMILES string of the molecule is CC(C)[C@H]1C(C)N(C)C(=O)N1c1ccnc(Cl)n1. The first-order valence-corrected chi connectivity index (χ1v) is 6.36. The summed E-state index contributed by atoms with van der Waals surface area (Å²) in [5.74, 6) is 0.901. The van der Waals surface area contributed by atoms with Gasteiger partial charge in [0.15, 0.2) is 0 Å². The Labute approximate surface area is 112 Å². The van der Waals surface area contributed by atoms with E-state index >= 15 is 0 Å². The maximum atomic E-state index is 12.3. The van der Waals surface area contributed by atoms with Crippen LogP contribution in [0, 0.1) is 5.92 Å². The third-order valence-electron chi connectivity index (χ3n) is 3.45. The zero-order valence-corrected chi connectivity index (χ0v) is 11.7. The minimum Gasteiger partial charge on any atom is -0.323 e. The summed E-state index contributed by atoms with van der Waals surface area (Å²) in [6.07, 6.45) is 1.57. The van der Waals surface area contributed by atoms with Gasteiger partial charge in [-0.05, 0) is 30.5 Å². The molecular formula is C12H17ClN4O. The predicted octanol–water partition coefficient (Wildman–Crippen LogP) is 2.41.